The molecule has 0 bridgehead atoms. The number of benzene rings is 2. The minimum absolute atomic E-state index is 0.146. The maximum absolute atomic E-state index is 12.5. The van der Waals surface area contributed by atoms with Crippen molar-refractivity contribution in [2.45, 2.75) is 10.7 Å². The first-order valence-corrected chi connectivity index (χ1v) is 6.72. The lowest BCUT2D eigenvalue weighted by molar-refractivity contribution is 0.102. The average molecular weight is 311 g/mol. The fraction of sp³-hybridized carbons (Fsp3) is 0.0714. The number of phenolic OH excluding ortho intramolecular Hbond substituents is 2. The minimum Gasteiger partial charge on any atom is -0.508 e. The van der Waals surface area contributed by atoms with Gasteiger partial charge in [-0.2, -0.15) is 8.78 Å². The zero-order valence-electron chi connectivity index (χ0n) is 10.6. The second-order valence-electron chi connectivity index (χ2n) is 4.03. The summed E-state index contributed by atoms with van der Waals surface area (Å²) in [7, 11) is 0. The van der Waals surface area contributed by atoms with Gasteiger partial charge in [-0.05, 0) is 30.3 Å². The van der Waals surface area contributed by atoms with Gasteiger partial charge in [0.2, 0.25) is 0 Å². The van der Waals surface area contributed by atoms with Gasteiger partial charge in [0, 0.05) is 4.90 Å². The Morgan fingerprint density at radius 2 is 1.86 bits per heavy atom. The van der Waals surface area contributed by atoms with Gasteiger partial charge in [-0.25, -0.2) is 0 Å². The van der Waals surface area contributed by atoms with Crippen molar-refractivity contribution in [1.29, 1.82) is 0 Å². The molecule has 0 heterocycles. The molecule has 0 radical (unpaired) electrons. The van der Waals surface area contributed by atoms with Gasteiger partial charge in [-0.15, -0.1) is 0 Å². The smallest absolute Gasteiger partial charge is 0.288 e. The number of aromatic hydroxyl groups is 2. The molecule has 0 unspecified atom stereocenters. The van der Waals surface area contributed by atoms with Gasteiger partial charge in [0.1, 0.15) is 11.5 Å². The van der Waals surface area contributed by atoms with Crippen LogP contribution in [0.1, 0.15) is 10.4 Å². The van der Waals surface area contributed by atoms with Crippen molar-refractivity contribution in [2.24, 2.45) is 0 Å². The maximum atomic E-state index is 12.5. The lowest BCUT2D eigenvalue weighted by Crippen LogP contribution is -2.12. The van der Waals surface area contributed by atoms with Gasteiger partial charge in [-0.1, -0.05) is 23.9 Å². The lowest BCUT2D eigenvalue weighted by Gasteiger charge is -2.11. The van der Waals surface area contributed by atoms with Crippen LogP contribution in [0.5, 0.6) is 11.5 Å². The summed E-state index contributed by atoms with van der Waals surface area (Å²) in [6, 6.07) is 9.58. The topological polar surface area (TPSA) is 69.6 Å². The Morgan fingerprint density at radius 3 is 2.57 bits per heavy atom. The molecule has 2 rings (SSSR count). The van der Waals surface area contributed by atoms with E-state index in [1.165, 1.54) is 24.3 Å². The third-order valence-electron chi connectivity index (χ3n) is 2.58. The van der Waals surface area contributed by atoms with Crippen molar-refractivity contribution in [3.63, 3.8) is 0 Å². The van der Waals surface area contributed by atoms with E-state index in [0.717, 1.165) is 6.07 Å². The van der Waals surface area contributed by atoms with E-state index in [2.05, 4.69) is 5.32 Å². The summed E-state index contributed by atoms with van der Waals surface area (Å²) in [5.41, 5.74) is 0.0578. The van der Waals surface area contributed by atoms with Crippen LogP contribution in [0.15, 0.2) is 47.4 Å². The van der Waals surface area contributed by atoms with Crippen LogP contribution in [-0.2, 0) is 0 Å². The number of phenols is 2. The highest BCUT2D eigenvalue weighted by Crippen LogP contribution is 2.32. The van der Waals surface area contributed by atoms with Crippen molar-refractivity contribution < 1.29 is 23.8 Å². The van der Waals surface area contributed by atoms with E-state index < -0.39 is 11.7 Å². The van der Waals surface area contributed by atoms with Crippen LogP contribution in [0.2, 0.25) is 0 Å². The zero-order chi connectivity index (χ0) is 15.4. The highest BCUT2D eigenvalue weighted by molar-refractivity contribution is 7.99. The molecular formula is C14H11F2NO3S. The summed E-state index contributed by atoms with van der Waals surface area (Å²) in [5, 5.41) is 21.4. The number of alkyl halides is 2. The van der Waals surface area contributed by atoms with Crippen molar-refractivity contribution in [3.8, 4) is 11.5 Å². The SMILES string of the molecule is O=C(Nc1ccccc1SC(F)F)c1cc(O)ccc1O. The normalized spacial score (nSPS) is 10.6. The Kier molecular flexibility index (Phi) is 4.64. The molecule has 110 valence electrons. The third-order valence-corrected chi connectivity index (χ3v) is 3.36. The second kappa shape index (κ2) is 6.45. The summed E-state index contributed by atoms with van der Waals surface area (Å²) < 4.78 is 24.9. The molecule has 0 fully saturated rings. The van der Waals surface area contributed by atoms with Crippen LogP contribution in [0, 0.1) is 0 Å². The fourth-order valence-corrected chi connectivity index (χ4v) is 2.26. The molecule has 3 N–H and O–H groups in total. The molecule has 2 aromatic carbocycles. The maximum Gasteiger partial charge on any atom is 0.288 e. The number of carbonyl (C=O) groups is 1. The molecule has 0 aliphatic heterocycles. The number of hydrogen-bond donors (Lipinski definition) is 3. The first-order chi connectivity index (χ1) is 9.97. The number of amides is 1. The molecule has 0 saturated carbocycles. The molecule has 4 nitrogen and oxygen atoms in total. The Labute approximate surface area is 123 Å². The number of thioether (sulfide) groups is 1. The van der Waals surface area contributed by atoms with E-state index in [0.29, 0.717) is 11.8 Å². The molecule has 7 heteroatoms. The molecule has 0 saturated heterocycles. The van der Waals surface area contributed by atoms with E-state index in [1.807, 2.05) is 0 Å². The summed E-state index contributed by atoms with van der Waals surface area (Å²) in [6.45, 7) is 0. The van der Waals surface area contributed by atoms with Crippen LogP contribution in [0.3, 0.4) is 0 Å². The van der Waals surface area contributed by atoms with Gasteiger partial charge >= 0.3 is 0 Å². The Bertz CT molecular complexity index is 664. The number of carbonyl (C=O) groups excluding carboxylic acids is 1. The summed E-state index contributed by atoms with van der Waals surface area (Å²) in [5.74, 6) is -3.82. The van der Waals surface area contributed by atoms with Crippen LogP contribution in [0.25, 0.3) is 0 Å². The number of anilines is 1. The standard InChI is InChI=1S/C14H11F2NO3S/c15-14(16)21-12-4-2-1-3-10(12)17-13(20)9-7-8(18)5-6-11(9)19/h1-7,14,18-19H,(H,17,20). The van der Waals surface area contributed by atoms with Gasteiger partial charge in [0.25, 0.3) is 11.7 Å². The van der Waals surface area contributed by atoms with Gasteiger partial charge in [-0.3, -0.25) is 4.79 Å². The monoisotopic (exact) mass is 311 g/mol. The first kappa shape index (κ1) is 15.1. The Hall–Kier alpha value is -2.28. The third kappa shape index (κ3) is 3.85. The minimum atomic E-state index is -2.61. The largest absolute Gasteiger partial charge is 0.508 e. The molecule has 0 aliphatic rings. The summed E-state index contributed by atoms with van der Waals surface area (Å²) >= 11 is 0.310. The second-order valence-corrected chi connectivity index (χ2v) is 5.06. The van der Waals surface area contributed by atoms with Gasteiger partial charge < -0.3 is 15.5 Å². The molecule has 0 aromatic heterocycles. The van der Waals surface area contributed by atoms with Gasteiger partial charge in [0.15, 0.2) is 0 Å². The van der Waals surface area contributed by atoms with Gasteiger partial charge in [0.05, 0.1) is 11.3 Å². The van der Waals surface area contributed by atoms with E-state index in [9.17, 15) is 23.8 Å². The summed E-state index contributed by atoms with van der Waals surface area (Å²) in [6.07, 6.45) is 0. The first-order valence-electron chi connectivity index (χ1n) is 5.84. The highest BCUT2D eigenvalue weighted by Gasteiger charge is 2.15. The number of halogens is 2. The van der Waals surface area contributed by atoms with Crippen LogP contribution in [0.4, 0.5) is 14.5 Å². The molecule has 21 heavy (non-hydrogen) atoms. The van der Waals surface area contributed by atoms with Crippen molar-refractivity contribution in [3.05, 3.63) is 48.0 Å². The van der Waals surface area contributed by atoms with E-state index >= 15 is 0 Å². The van der Waals surface area contributed by atoms with Crippen molar-refractivity contribution in [2.75, 3.05) is 5.32 Å². The van der Waals surface area contributed by atoms with E-state index in [1.54, 1.807) is 12.1 Å². The van der Waals surface area contributed by atoms with E-state index in [-0.39, 0.29) is 27.6 Å². The Balaban J connectivity index is 2.25. The van der Waals surface area contributed by atoms with Crippen LogP contribution < -0.4 is 5.32 Å². The fourth-order valence-electron chi connectivity index (χ4n) is 1.66. The Morgan fingerprint density at radius 1 is 1.14 bits per heavy atom. The number of rotatable bonds is 4. The molecule has 0 atom stereocenters. The quantitative estimate of drug-likeness (QED) is 0.595. The van der Waals surface area contributed by atoms with Crippen LogP contribution >= 0.6 is 11.8 Å². The molecule has 2 aromatic rings. The molecule has 0 aliphatic carbocycles. The predicted molar refractivity (Wildman–Crippen MR) is 76.0 cm³/mol. The molecule has 1 amide bonds. The van der Waals surface area contributed by atoms with Crippen molar-refractivity contribution >= 4 is 23.4 Å². The molecule has 0 spiro atoms. The predicted octanol–water partition coefficient (Wildman–Crippen LogP) is 3.66. The number of nitrogens with one attached hydrogen (secondary N) is 1. The number of para-hydroxylation sites is 1. The molecular weight excluding hydrogens is 300 g/mol. The van der Waals surface area contributed by atoms with Crippen LogP contribution in [-0.4, -0.2) is 21.9 Å². The highest BCUT2D eigenvalue weighted by atomic mass is 32.2. The van der Waals surface area contributed by atoms with Crippen molar-refractivity contribution in [1.82, 2.24) is 0 Å². The lowest BCUT2D eigenvalue weighted by atomic mass is 10.1. The number of hydrogen-bond acceptors (Lipinski definition) is 4. The van der Waals surface area contributed by atoms with E-state index in [4.69, 9.17) is 0 Å². The average Bonchev–Trinajstić information content (AvgIpc) is 2.43. The zero-order valence-corrected chi connectivity index (χ0v) is 11.4. The summed E-state index contributed by atoms with van der Waals surface area (Å²) in [4.78, 5) is 12.3.